The third kappa shape index (κ3) is 2.56. The van der Waals surface area contributed by atoms with Crippen molar-refractivity contribution in [1.82, 2.24) is 4.90 Å². The smallest absolute Gasteiger partial charge is 0.155 e. The van der Waals surface area contributed by atoms with Gasteiger partial charge in [-0.1, -0.05) is 22.6 Å². The number of hydrogen-bond donors (Lipinski definition) is 0. The van der Waals surface area contributed by atoms with Crippen molar-refractivity contribution < 1.29 is 8.42 Å². The van der Waals surface area contributed by atoms with E-state index in [9.17, 15) is 8.42 Å². The summed E-state index contributed by atoms with van der Waals surface area (Å²) in [5, 5.41) is -0.172. The Morgan fingerprint density at radius 1 is 1.58 bits per heavy atom. The summed E-state index contributed by atoms with van der Waals surface area (Å²) < 4.78 is 23.7. The third-order valence-corrected chi connectivity index (χ3v) is 4.83. The van der Waals surface area contributed by atoms with Gasteiger partial charge in [0, 0.05) is 24.1 Å². The second kappa shape index (κ2) is 4.23. The minimum absolute atomic E-state index is 0.172. The predicted molar refractivity (Wildman–Crippen MR) is 58.6 cm³/mol. The van der Waals surface area contributed by atoms with Gasteiger partial charge in [0.25, 0.3) is 0 Å². The highest BCUT2D eigenvalue weighted by molar-refractivity contribution is 14.1. The van der Waals surface area contributed by atoms with Gasteiger partial charge in [0.05, 0.1) is 11.0 Å². The van der Waals surface area contributed by atoms with Gasteiger partial charge in [-0.15, -0.1) is 0 Å². The first-order valence-corrected chi connectivity index (χ1v) is 7.30. The van der Waals surface area contributed by atoms with Crippen LogP contribution < -0.4 is 0 Å². The second-order valence-electron chi connectivity index (χ2n) is 3.17. The second-order valence-corrected chi connectivity index (χ2v) is 6.78. The fourth-order valence-electron chi connectivity index (χ4n) is 1.35. The molecule has 0 N–H and O–H groups in total. The molecule has 0 saturated carbocycles. The van der Waals surface area contributed by atoms with E-state index in [1.54, 1.807) is 6.92 Å². The van der Waals surface area contributed by atoms with Gasteiger partial charge in [-0.2, -0.15) is 0 Å². The van der Waals surface area contributed by atoms with E-state index in [1.165, 1.54) is 0 Å². The molecule has 0 aromatic rings. The molecule has 1 aliphatic rings. The standard InChI is InChI=1S/C7H14INO2S/c1-7-6-9(3-2-8)4-5-12(7,10)11/h7H,2-6H2,1H3. The molecule has 0 amide bonds. The van der Waals surface area contributed by atoms with Crippen molar-refractivity contribution >= 4 is 32.4 Å². The van der Waals surface area contributed by atoms with Crippen LogP contribution in [0.1, 0.15) is 6.92 Å². The van der Waals surface area contributed by atoms with E-state index >= 15 is 0 Å². The van der Waals surface area contributed by atoms with Crippen LogP contribution in [0.3, 0.4) is 0 Å². The van der Waals surface area contributed by atoms with Crippen LogP contribution in [0.25, 0.3) is 0 Å². The molecular formula is C7H14INO2S. The lowest BCUT2D eigenvalue weighted by Gasteiger charge is -2.30. The Kier molecular flexibility index (Phi) is 3.78. The SMILES string of the molecule is CC1CN(CCI)CCS1(=O)=O. The molecule has 0 bridgehead atoms. The third-order valence-electron chi connectivity index (χ3n) is 2.22. The molecule has 1 fully saturated rings. The van der Waals surface area contributed by atoms with Crippen LogP contribution in [-0.4, -0.2) is 48.4 Å². The minimum Gasteiger partial charge on any atom is -0.300 e. The highest BCUT2D eigenvalue weighted by Gasteiger charge is 2.28. The van der Waals surface area contributed by atoms with Gasteiger partial charge in [0.2, 0.25) is 0 Å². The number of alkyl halides is 1. The van der Waals surface area contributed by atoms with Crippen molar-refractivity contribution in [3.8, 4) is 0 Å². The highest BCUT2D eigenvalue weighted by atomic mass is 127. The summed E-state index contributed by atoms with van der Waals surface area (Å²) in [7, 11) is -2.76. The Morgan fingerprint density at radius 2 is 2.25 bits per heavy atom. The van der Waals surface area contributed by atoms with Gasteiger partial charge < -0.3 is 4.90 Å². The molecule has 0 spiro atoms. The molecule has 72 valence electrons. The Hall–Kier alpha value is 0.640. The lowest BCUT2D eigenvalue weighted by Crippen LogP contribution is -2.45. The topological polar surface area (TPSA) is 37.4 Å². The van der Waals surface area contributed by atoms with E-state index in [2.05, 4.69) is 27.5 Å². The van der Waals surface area contributed by atoms with Gasteiger partial charge in [-0.3, -0.25) is 0 Å². The largest absolute Gasteiger partial charge is 0.300 e. The van der Waals surface area contributed by atoms with Crippen molar-refractivity contribution in [2.24, 2.45) is 0 Å². The van der Waals surface area contributed by atoms with Crippen LogP contribution in [0.2, 0.25) is 0 Å². The zero-order valence-electron chi connectivity index (χ0n) is 7.16. The van der Waals surface area contributed by atoms with E-state index in [0.717, 1.165) is 17.5 Å². The Balaban J connectivity index is 2.52. The molecule has 1 heterocycles. The van der Waals surface area contributed by atoms with E-state index < -0.39 is 9.84 Å². The van der Waals surface area contributed by atoms with E-state index in [-0.39, 0.29) is 5.25 Å². The maximum absolute atomic E-state index is 11.3. The van der Waals surface area contributed by atoms with Crippen molar-refractivity contribution in [3.63, 3.8) is 0 Å². The molecule has 1 atom stereocenters. The molecule has 5 heteroatoms. The molecule has 0 radical (unpaired) electrons. The van der Waals surface area contributed by atoms with Crippen molar-refractivity contribution in [2.75, 3.05) is 29.8 Å². The van der Waals surface area contributed by atoms with Gasteiger partial charge in [0.15, 0.2) is 9.84 Å². The van der Waals surface area contributed by atoms with Crippen LogP contribution in [0, 0.1) is 0 Å². The van der Waals surface area contributed by atoms with Crippen molar-refractivity contribution in [3.05, 3.63) is 0 Å². The van der Waals surface area contributed by atoms with Crippen LogP contribution in [0.5, 0.6) is 0 Å². The number of halogens is 1. The highest BCUT2D eigenvalue weighted by Crippen LogP contribution is 2.11. The summed E-state index contributed by atoms with van der Waals surface area (Å²) in [5.74, 6) is 0.338. The van der Waals surface area contributed by atoms with Crippen molar-refractivity contribution in [2.45, 2.75) is 12.2 Å². The van der Waals surface area contributed by atoms with Crippen LogP contribution in [0.15, 0.2) is 0 Å². The molecule has 1 saturated heterocycles. The quantitative estimate of drug-likeness (QED) is 0.552. The molecule has 1 unspecified atom stereocenters. The molecule has 0 aromatic carbocycles. The number of rotatable bonds is 2. The number of hydrogen-bond acceptors (Lipinski definition) is 3. The Labute approximate surface area is 87.6 Å². The average Bonchev–Trinajstić information content (AvgIpc) is 1.98. The van der Waals surface area contributed by atoms with Gasteiger partial charge in [-0.25, -0.2) is 8.42 Å². The maximum Gasteiger partial charge on any atom is 0.155 e. The first-order chi connectivity index (χ1) is 5.56. The molecule has 1 rings (SSSR count). The first-order valence-electron chi connectivity index (χ1n) is 4.06. The van der Waals surface area contributed by atoms with Gasteiger partial charge >= 0.3 is 0 Å². The normalized spacial score (nSPS) is 30.3. The fourth-order valence-corrected chi connectivity index (χ4v) is 3.38. The van der Waals surface area contributed by atoms with E-state index in [0.29, 0.717) is 12.3 Å². The molecule has 0 aliphatic carbocycles. The molecule has 3 nitrogen and oxygen atoms in total. The molecule has 0 aromatic heterocycles. The zero-order chi connectivity index (χ0) is 9.19. The molecule has 12 heavy (non-hydrogen) atoms. The van der Waals surface area contributed by atoms with Gasteiger partial charge in [0.1, 0.15) is 0 Å². The summed E-state index contributed by atoms with van der Waals surface area (Å²) in [5.41, 5.74) is 0. The van der Waals surface area contributed by atoms with E-state index in [4.69, 9.17) is 0 Å². The fraction of sp³-hybridized carbons (Fsp3) is 1.00. The first kappa shape index (κ1) is 10.7. The molecular weight excluding hydrogens is 289 g/mol. The van der Waals surface area contributed by atoms with Crippen LogP contribution in [0.4, 0.5) is 0 Å². The Morgan fingerprint density at radius 3 is 2.75 bits per heavy atom. The summed E-state index contributed by atoms with van der Waals surface area (Å²) in [6.45, 7) is 4.25. The summed E-state index contributed by atoms with van der Waals surface area (Å²) in [6, 6.07) is 0. The van der Waals surface area contributed by atoms with Crippen LogP contribution >= 0.6 is 22.6 Å². The lowest BCUT2D eigenvalue weighted by molar-refractivity contribution is 0.296. The summed E-state index contributed by atoms with van der Waals surface area (Å²) in [6.07, 6.45) is 0. The number of sulfone groups is 1. The minimum atomic E-state index is -2.76. The average molecular weight is 303 g/mol. The zero-order valence-corrected chi connectivity index (χ0v) is 10.1. The monoisotopic (exact) mass is 303 g/mol. The number of nitrogens with zero attached hydrogens (tertiary/aromatic N) is 1. The van der Waals surface area contributed by atoms with E-state index in [1.807, 2.05) is 0 Å². The maximum atomic E-state index is 11.3. The van der Waals surface area contributed by atoms with Crippen LogP contribution in [-0.2, 0) is 9.84 Å². The van der Waals surface area contributed by atoms with Crippen molar-refractivity contribution in [1.29, 1.82) is 0 Å². The Bertz CT molecular complexity index is 240. The lowest BCUT2D eigenvalue weighted by atomic mass is 10.4. The predicted octanol–water partition coefficient (Wildman–Crippen LogP) is 0.540. The van der Waals surface area contributed by atoms with Gasteiger partial charge in [-0.05, 0) is 6.92 Å². The summed E-state index contributed by atoms with van der Waals surface area (Å²) >= 11 is 2.31. The summed E-state index contributed by atoms with van der Waals surface area (Å²) in [4.78, 5) is 2.22. The molecule has 1 aliphatic heterocycles.